The Labute approximate surface area is 739 Å². The van der Waals surface area contributed by atoms with Gasteiger partial charge in [-0.1, -0.05) is 282 Å². The lowest BCUT2D eigenvalue weighted by molar-refractivity contribution is 0.0324. The third-order valence-corrected chi connectivity index (χ3v) is 32.9. The van der Waals surface area contributed by atoms with E-state index in [9.17, 15) is 0 Å². The summed E-state index contributed by atoms with van der Waals surface area (Å²) >= 11 is 9.33. The van der Waals surface area contributed by atoms with Gasteiger partial charge >= 0.3 is 0 Å². The summed E-state index contributed by atoms with van der Waals surface area (Å²) in [5.41, 5.74) is 22.2. The van der Waals surface area contributed by atoms with Gasteiger partial charge in [0.25, 0.3) is 0 Å². The molecule has 6 aromatic heterocycles. The molecule has 0 bridgehead atoms. The Morgan fingerprint density at radius 1 is 0.342 bits per heavy atom. The SMILES string of the molecule is CCCCCCc1ccc(C2(c3ccc(CCCCCC)cc3)c3cc4c(cc3-c3sc(C)cc32)C(c2ccc(CCCCCC)cc2)(c2ccc(CCCCCC)cc2)c2cc(-c3c(F)cc(-c5cc6c(s5)-c5sc(-c7cc(F)c(C)c8nsnc78)cc5C(CCC(C)CCCC(C)C)(CCC(C)CCCC(C)C)O6)c5nsnc35)sc2-4)cc1. The van der Waals surface area contributed by atoms with Crippen LogP contribution < -0.4 is 4.74 Å². The van der Waals surface area contributed by atoms with Crippen molar-refractivity contribution in [1.29, 1.82) is 0 Å². The summed E-state index contributed by atoms with van der Waals surface area (Å²) in [6.45, 7) is 27.5. The van der Waals surface area contributed by atoms with E-state index in [0.29, 0.717) is 56.9 Å². The molecule has 13 heteroatoms. The Morgan fingerprint density at radius 3 is 1.19 bits per heavy atom. The summed E-state index contributed by atoms with van der Waals surface area (Å²) in [7, 11) is 0. The number of ether oxygens (including phenoxy) is 1. The lowest BCUT2D eigenvalue weighted by Crippen LogP contribution is -2.36. The molecular weight excluding hydrogens is 1590 g/mol. The van der Waals surface area contributed by atoms with Crippen molar-refractivity contribution < 1.29 is 13.5 Å². The summed E-state index contributed by atoms with van der Waals surface area (Å²) in [5, 5.41) is 0. The van der Waals surface area contributed by atoms with Crippen LogP contribution in [0.2, 0.25) is 0 Å². The number of halogens is 2. The van der Waals surface area contributed by atoms with Gasteiger partial charge in [-0.05, 0) is 241 Å². The molecule has 2 aliphatic carbocycles. The first-order chi connectivity index (χ1) is 58.4. The molecule has 5 nitrogen and oxygen atoms in total. The molecule has 3 aliphatic rings. The van der Waals surface area contributed by atoms with Crippen molar-refractivity contribution in [2.24, 2.45) is 23.7 Å². The Hall–Kier alpha value is -7.36. The highest BCUT2D eigenvalue weighted by molar-refractivity contribution is 7.26. The Bertz CT molecular complexity index is 5530. The van der Waals surface area contributed by atoms with Crippen LogP contribution in [0.15, 0.2) is 146 Å². The molecule has 0 saturated carbocycles. The minimum atomic E-state index is -0.803. The lowest BCUT2D eigenvalue weighted by atomic mass is 9.65. The third-order valence-electron chi connectivity index (χ3n) is 27.1. The van der Waals surface area contributed by atoms with E-state index in [4.69, 9.17) is 17.9 Å². The van der Waals surface area contributed by atoms with Crippen LogP contribution in [-0.4, -0.2) is 17.5 Å². The molecule has 7 aromatic carbocycles. The smallest absolute Gasteiger partial charge is 0.140 e. The van der Waals surface area contributed by atoms with Gasteiger partial charge < -0.3 is 4.74 Å². The monoisotopic (exact) mass is 1710 g/mol. The van der Waals surface area contributed by atoms with Gasteiger partial charge in [-0.25, -0.2) is 8.78 Å². The summed E-state index contributed by atoms with van der Waals surface area (Å²) in [6.07, 6.45) is 34.5. The average Bonchev–Trinajstić information content (AvgIpc) is 1.50. The quantitative estimate of drug-likeness (QED) is 0.0357. The van der Waals surface area contributed by atoms with Crippen molar-refractivity contribution in [2.45, 2.75) is 292 Å². The largest absolute Gasteiger partial charge is 0.481 e. The number of benzene rings is 7. The Kier molecular flexibility index (Phi) is 27.3. The number of fused-ring (bicyclic) bond motifs is 11. The second-order valence-corrected chi connectivity index (χ2v) is 42.3. The molecule has 0 fully saturated rings. The van der Waals surface area contributed by atoms with Gasteiger partial charge in [0.1, 0.15) is 45.1 Å². The molecule has 1 aliphatic heterocycles. The molecular formula is C107H124F2N4OS6. The summed E-state index contributed by atoms with van der Waals surface area (Å²) < 4.78 is 63.3. The Morgan fingerprint density at radius 2 is 0.733 bits per heavy atom. The van der Waals surface area contributed by atoms with Crippen LogP contribution in [0, 0.1) is 49.2 Å². The van der Waals surface area contributed by atoms with Gasteiger partial charge in [0, 0.05) is 51.5 Å². The van der Waals surface area contributed by atoms with Crippen LogP contribution in [0.5, 0.6) is 5.75 Å². The van der Waals surface area contributed by atoms with Crippen LogP contribution in [0.1, 0.15) is 319 Å². The van der Waals surface area contributed by atoms with Gasteiger partial charge in [0.15, 0.2) is 0 Å². The molecule has 0 saturated heterocycles. The fraction of sp³-hybridized carbons (Fsp3) is 0.458. The highest BCUT2D eigenvalue weighted by Gasteiger charge is 2.54. The highest BCUT2D eigenvalue weighted by atomic mass is 32.1. The summed E-state index contributed by atoms with van der Waals surface area (Å²) in [6, 6.07) is 57.2. The van der Waals surface area contributed by atoms with E-state index < -0.39 is 16.4 Å². The van der Waals surface area contributed by atoms with E-state index in [1.54, 1.807) is 53.1 Å². The van der Waals surface area contributed by atoms with Gasteiger partial charge in [0.05, 0.1) is 49.6 Å². The van der Waals surface area contributed by atoms with E-state index in [1.807, 2.05) is 11.3 Å². The van der Waals surface area contributed by atoms with Crippen molar-refractivity contribution in [3.63, 3.8) is 0 Å². The molecule has 0 radical (unpaired) electrons. The minimum absolute atomic E-state index is 0.283. The second kappa shape index (κ2) is 38.0. The summed E-state index contributed by atoms with van der Waals surface area (Å²) in [5.74, 6) is 2.51. The topological polar surface area (TPSA) is 60.8 Å². The second-order valence-electron chi connectivity index (χ2n) is 36.9. The van der Waals surface area contributed by atoms with Gasteiger partial charge in [-0.2, -0.15) is 17.5 Å². The molecule has 7 heterocycles. The van der Waals surface area contributed by atoms with Crippen molar-refractivity contribution in [3.8, 4) is 67.7 Å². The number of aryl methyl sites for hydroxylation is 6. The molecule has 0 amide bonds. The lowest BCUT2D eigenvalue weighted by Gasteiger charge is -2.39. The zero-order chi connectivity index (χ0) is 83.4. The molecule has 628 valence electrons. The van der Waals surface area contributed by atoms with Crippen molar-refractivity contribution >= 4 is 90.9 Å². The summed E-state index contributed by atoms with van der Waals surface area (Å²) in [4.78, 5) is 8.63. The van der Waals surface area contributed by atoms with Crippen LogP contribution >= 0.6 is 68.8 Å². The van der Waals surface area contributed by atoms with E-state index in [2.05, 4.69) is 214 Å². The number of aromatic nitrogens is 4. The number of rotatable bonds is 41. The van der Waals surface area contributed by atoms with Crippen LogP contribution in [-0.2, 0) is 42.1 Å². The molecule has 0 spiro atoms. The number of hydrogen-bond donors (Lipinski definition) is 0. The Balaban J connectivity index is 0.876. The van der Waals surface area contributed by atoms with Gasteiger partial charge in [-0.3, -0.25) is 0 Å². The van der Waals surface area contributed by atoms with E-state index >= 15 is 8.78 Å². The van der Waals surface area contributed by atoms with Gasteiger partial charge in [0.2, 0.25) is 0 Å². The number of thiophene rings is 4. The first-order valence-electron chi connectivity index (χ1n) is 46.1. The maximum absolute atomic E-state index is 19.2. The number of unbranched alkanes of at least 4 members (excludes halogenated alkanes) is 12. The standard InChI is InChI=1S/C107H124F2N4OS6/c1-13-17-21-25-35-73-39-47-77(48-40-73)106(78-49-41-74(42-50-78)36-26-22-18-14-2)85-61-82-86(60-81(85)101-88(106)59-71(11)115-101)107(79-51-43-75(44-52-79)37-27-23-19-15-3,80-53-45-76(46-54-80)38-28-24-20-16-4)89-65-95(118-102(82)89)96-91(109)63-84(99-100(96)113-120-112-99)94-66-92-104(117-94)103-87(64-93(116-103)83-62-90(108)72(12)97-98(83)111-119-110-97)105(114-92,57-55-69(9)33-29-31-67(5)6)58-56-70(10)34-30-32-68(7)8/h39-54,59-70H,13-38,55-58H2,1-12H3. The third kappa shape index (κ3) is 17.0. The van der Waals surface area contributed by atoms with Crippen LogP contribution in [0.3, 0.4) is 0 Å². The van der Waals surface area contributed by atoms with Crippen LogP contribution in [0.25, 0.3) is 84.0 Å². The normalized spacial score (nSPS) is 15.4. The van der Waals surface area contributed by atoms with E-state index in [1.165, 1.54) is 203 Å². The van der Waals surface area contributed by atoms with E-state index in [0.717, 1.165) is 152 Å². The van der Waals surface area contributed by atoms with E-state index in [-0.39, 0.29) is 11.6 Å². The molecule has 2 unspecified atom stereocenters. The maximum atomic E-state index is 19.2. The number of nitrogens with zero attached hydrogens (tertiary/aromatic N) is 4. The van der Waals surface area contributed by atoms with Crippen molar-refractivity contribution in [2.75, 3.05) is 0 Å². The molecule has 2 atom stereocenters. The minimum Gasteiger partial charge on any atom is -0.481 e. The predicted octanol–water partition coefficient (Wildman–Crippen LogP) is 33.8. The maximum Gasteiger partial charge on any atom is 0.140 e. The molecule has 120 heavy (non-hydrogen) atoms. The van der Waals surface area contributed by atoms with Crippen molar-refractivity contribution in [1.82, 2.24) is 17.5 Å². The predicted molar refractivity (Wildman–Crippen MR) is 514 cm³/mol. The molecule has 0 N–H and O–H groups in total. The fourth-order valence-corrected chi connectivity index (χ4v) is 26.3. The zero-order valence-corrected chi connectivity index (χ0v) is 78.2. The first kappa shape index (κ1) is 86.2. The van der Waals surface area contributed by atoms with Crippen molar-refractivity contribution in [3.05, 3.63) is 240 Å². The molecule has 16 rings (SSSR count). The van der Waals surface area contributed by atoms with Crippen LogP contribution in [0.4, 0.5) is 8.78 Å². The van der Waals surface area contributed by atoms with Gasteiger partial charge in [-0.15, -0.1) is 45.3 Å². The zero-order valence-electron chi connectivity index (χ0n) is 73.3. The fourth-order valence-electron chi connectivity index (χ4n) is 20.2. The molecule has 13 aromatic rings. The highest BCUT2D eigenvalue weighted by Crippen LogP contribution is 2.67. The number of hydrogen-bond acceptors (Lipinski definition) is 11. The average molecular weight is 1710 g/mol. The first-order valence-corrected chi connectivity index (χ1v) is 50.8.